The number of aromatic nitrogens is 1. The van der Waals surface area contributed by atoms with Crippen molar-refractivity contribution in [1.82, 2.24) is 14.8 Å². The highest BCUT2D eigenvalue weighted by atomic mass is 32.1. The Bertz CT molecular complexity index is 647. The number of hydrogen-bond acceptors (Lipinski definition) is 5. The molecule has 3 aliphatic rings. The summed E-state index contributed by atoms with van der Waals surface area (Å²) in [7, 11) is 0. The van der Waals surface area contributed by atoms with Crippen molar-refractivity contribution in [2.24, 2.45) is 11.8 Å². The lowest BCUT2D eigenvalue weighted by atomic mass is 9.83. The number of piperidine rings is 1. The van der Waals surface area contributed by atoms with E-state index in [1.165, 1.54) is 17.8 Å². The Morgan fingerprint density at radius 3 is 2.33 bits per heavy atom. The number of nitrogens with two attached hydrogens (primary N) is 1. The Kier molecular flexibility index (Phi) is 4.20. The third-order valence-electron chi connectivity index (χ3n) is 5.67. The molecule has 1 aliphatic carbocycles. The van der Waals surface area contributed by atoms with Gasteiger partial charge in [0.15, 0.2) is 5.13 Å². The van der Waals surface area contributed by atoms with E-state index in [2.05, 4.69) is 4.98 Å². The Morgan fingerprint density at radius 2 is 1.67 bits per heavy atom. The van der Waals surface area contributed by atoms with E-state index in [-0.39, 0.29) is 17.7 Å². The second-order valence-corrected chi connectivity index (χ2v) is 8.27. The molecule has 2 aliphatic heterocycles. The number of rotatable bonds is 2. The molecule has 24 heavy (non-hydrogen) atoms. The highest BCUT2D eigenvalue weighted by molar-refractivity contribution is 7.15. The number of amides is 2. The van der Waals surface area contributed by atoms with Crippen LogP contribution in [0.1, 0.15) is 42.7 Å². The third-order valence-corrected chi connectivity index (χ3v) is 6.58. The van der Waals surface area contributed by atoms with Crippen LogP contribution in [0.4, 0.5) is 5.13 Å². The fourth-order valence-electron chi connectivity index (χ4n) is 3.92. The van der Waals surface area contributed by atoms with Gasteiger partial charge in [-0.2, -0.15) is 0 Å². The average molecular weight is 348 g/mol. The van der Waals surface area contributed by atoms with E-state index in [9.17, 15) is 9.59 Å². The van der Waals surface area contributed by atoms with Gasteiger partial charge >= 0.3 is 0 Å². The quantitative estimate of drug-likeness (QED) is 0.881. The van der Waals surface area contributed by atoms with Gasteiger partial charge in [-0.1, -0.05) is 6.42 Å². The van der Waals surface area contributed by atoms with E-state index in [0.717, 1.165) is 62.3 Å². The Morgan fingerprint density at radius 1 is 1.00 bits per heavy atom. The predicted molar refractivity (Wildman–Crippen MR) is 92.3 cm³/mol. The third kappa shape index (κ3) is 2.90. The van der Waals surface area contributed by atoms with Gasteiger partial charge in [-0.25, -0.2) is 4.98 Å². The summed E-state index contributed by atoms with van der Waals surface area (Å²) < 4.78 is 0. The number of likely N-dealkylation sites (tertiary alicyclic amines) is 1. The van der Waals surface area contributed by atoms with Gasteiger partial charge < -0.3 is 15.5 Å². The van der Waals surface area contributed by atoms with Crippen molar-refractivity contribution in [3.8, 4) is 0 Å². The number of hydrogen-bond donors (Lipinski definition) is 1. The first-order chi connectivity index (χ1) is 11.6. The zero-order valence-corrected chi connectivity index (χ0v) is 14.7. The van der Waals surface area contributed by atoms with Crippen LogP contribution in [0.25, 0.3) is 0 Å². The zero-order valence-electron chi connectivity index (χ0n) is 13.9. The highest BCUT2D eigenvalue weighted by Gasteiger charge is 2.35. The molecule has 0 bridgehead atoms. The molecule has 1 aromatic heterocycles. The molecule has 130 valence electrons. The standard InChI is InChI=1S/C17H24N4O2S/c18-17-19-13-6-9-21(10-14(13)24-17)16(23)12-4-7-20(8-5-12)15(22)11-2-1-3-11/h11-12H,1-10H2,(H2,18,19). The van der Waals surface area contributed by atoms with Crippen molar-refractivity contribution in [2.75, 3.05) is 25.4 Å². The smallest absolute Gasteiger partial charge is 0.226 e. The van der Waals surface area contributed by atoms with E-state index < -0.39 is 0 Å². The van der Waals surface area contributed by atoms with Gasteiger partial charge in [-0.15, -0.1) is 11.3 Å². The molecule has 0 unspecified atom stereocenters. The second kappa shape index (κ2) is 6.35. The highest BCUT2D eigenvalue weighted by Crippen LogP contribution is 2.31. The molecular weight excluding hydrogens is 324 g/mol. The number of carbonyl (C=O) groups is 2. The van der Waals surface area contributed by atoms with E-state index in [0.29, 0.717) is 17.6 Å². The number of anilines is 1. The first-order valence-electron chi connectivity index (χ1n) is 8.93. The van der Waals surface area contributed by atoms with E-state index in [4.69, 9.17) is 5.73 Å². The number of fused-ring (bicyclic) bond motifs is 1. The fraction of sp³-hybridized carbons (Fsp3) is 0.706. The molecular formula is C17H24N4O2S. The van der Waals surface area contributed by atoms with Gasteiger partial charge in [0.25, 0.3) is 0 Å². The van der Waals surface area contributed by atoms with Gasteiger partial charge in [-0.05, 0) is 25.7 Å². The molecule has 0 radical (unpaired) electrons. The van der Waals surface area contributed by atoms with Gasteiger partial charge in [0.2, 0.25) is 11.8 Å². The Hall–Kier alpha value is -1.63. The van der Waals surface area contributed by atoms with Crippen LogP contribution in [-0.2, 0) is 22.6 Å². The normalized spacial score (nSPS) is 22.2. The van der Waals surface area contributed by atoms with Crippen molar-refractivity contribution in [2.45, 2.75) is 45.1 Å². The molecule has 1 saturated carbocycles. The molecule has 4 rings (SSSR count). The van der Waals surface area contributed by atoms with Gasteiger partial charge in [0.05, 0.1) is 12.2 Å². The van der Waals surface area contributed by atoms with Crippen LogP contribution in [0.2, 0.25) is 0 Å². The van der Waals surface area contributed by atoms with Crippen LogP contribution >= 0.6 is 11.3 Å². The van der Waals surface area contributed by atoms with Gasteiger partial charge in [0, 0.05) is 42.8 Å². The van der Waals surface area contributed by atoms with Crippen molar-refractivity contribution >= 4 is 28.3 Å². The average Bonchev–Trinajstić information content (AvgIpc) is 2.91. The molecule has 2 fully saturated rings. The topological polar surface area (TPSA) is 79.5 Å². The minimum Gasteiger partial charge on any atom is -0.375 e. The molecule has 0 spiro atoms. The summed E-state index contributed by atoms with van der Waals surface area (Å²) in [5, 5.41) is 0.595. The lowest BCUT2D eigenvalue weighted by Crippen LogP contribution is -2.47. The zero-order chi connectivity index (χ0) is 16.7. The maximum atomic E-state index is 12.8. The van der Waals surface area contributed by atoms with E-state index in [1.54, 1.807) is 0 Å². The lowest BCUT2D eigenvalue weighted by molar-refractivity contribution is -0.144. The van der Waals surface area contributed by atoms with Gasteiger partial charge in [-0.3, -0.25) is 9.59 Å². The Balaban J connectivity index is 1.32. The summed E-state index contributed by atoms with van der Waals surface area (Å²) in [5.74, 6) is 0.870. The van der Waals surface area contributed by atoms with Crippen LogP contribution in [0, 0.1) is 11.8 Å². The van der Waals surface area contributed by atoms with Crippen LogP contribution < -0.4 is 5.73 Å². The molecule has 2 N–H and O–H groups in total. The van der Waals surface area contributed by atoms with Crippen molar-refractivity contribution < 1.29 is 9.59 Å². The summed E-state index contributed by atoms with van der Waals surface area (Å²) in [4.78, 5) is 34.5. The van der Waals surface area contributed by atoms with Crippen molar-refractivity contribution in [3.05, 3.63) is 10.6 Å². The maximum absolute atomic E-state index is 12.8. The number of nitrogens with zero attached hydrogens (tertiary/aromatic N) is 3. The molecule has 3 heterocycles. The van der Waals surface area contributed by atoms with E-state index in [1.807, 2.05) is 9.80 Å². The van der Waals surface area contributed by atoms with Crippen LogP contribution in [0.15, 0.2) is 0 Å². The monoisotopic (exact) mass is 348 g/mol. The largest absolute Gasteiger partial charge is 0.375 e. The number of thiazole rings is 1. The summed E-state index contributed by atoms with van der Waals surface area (Å²) in [6.07, 6.45) is 5.67. The fourth-order valence-corrected chi connectivity index (χ4v) is 4.82. The molecule has 2 amide bonds. The van der Waals surface area contributed by atoms with Crippen molar-refractivity contribution in [1.29, 1.82) is 0 Å². The molecule has 1 saturated heterocycles. The summed E-state index contributed by atoms with van der Waals surface area (Å²) in [5.41, 5.74) is 6.83. The van der Waals surface area contributed by atoms with Crippen LogP contribution in [0.3, 0.4) is 0 Å². The maximum Gasteiger partial charge on any atom is 0.226 e. The summed E-state index contributed by atoms with van der Waals surface area (Å²) >= 11 is 1.49. The SMILES string of the molecule is Nc1nc2c(s1)CN(C(=O)C1CCN(C(=O)C3CCC3)CC1)CC2. The first-order valence-corrected chi connectivity index (χ1v) is 9.75. The molecule has 0 aromatic carbocycles. The molecule has 0 atom stereocenters. The summed E-state index contributed by atoms with van der Waals surface area (Å²) in [6.45, 7) is 2.84. The van der Waals surface area contributed by atoms with Crippen LogP contribution in [0.5, 0.6) is 0 Å². The van der Waals surface area contributed by atoms with Gasteiger partial charge in [0.1, 0.15) is 0 Å². The number of carbonyl (C=O) groups excluding carboxylic acids is 2. The van der Waals surface area contributed by atoms with Crippen molar-refractivity contribution in [3.63, 3.8) is 0 Å². The van der Waals surface area contributed by atoms with Crippen LogP contribution in [-0.4, -0.2) is 46.2 Å². The molecule has 6 nitrogen and oxygen atoms in total. The second-order valence-electron chi connectivity index (χ2n) is 7.16. The lowest BCUT2D eigenvalue weighted by Gasteiger charge is -2.38. The minimum absolute atomic E-state index is 0.0576. The first kappa shape index (κ1) is 15.9. The molecule has 7 heteroatoms. The minimum atomic E-state index is 0.0576. The van der Waals surface area contributed by atoms with E-state index >= 15 is 0 Å². The molecule has 1 aromatic rings. The number of nitrogen functional groups attached to an aromatic ring is 1. The summed E-state index contributed by atoms with van der Waals surface area (Å²) in [6, 6.07) is 0. The predicted octanol–water partition coefficient (Wildman–Crippen LogP) is 1.65. The Labute approximate surface area is 146 Å².